The second-order valence-electron chi connectivity index (χ2n) is 2.61. The Labute approximate surface area is 79.2 Å². The van der Waals surface area contributed by atoms with Gasteiger partial charge in [-0.1, -0.05) is 0 Å². The Hall–Kier alpha value is -2.24. The minimum absolute atomic E-state index is 0.0452. The number of aromatic nitrogens is 4. The molecule has 0 saturated carbocycles. The van der Waals surface area contributed by atoms with Gasteiger partial charge < -0.3 is 5.73 Å². The van der Waals surface area contributed by atoms with Crippen LogP contribution in [0.5, 0.6) is 0 Å². The van der Waals surface area contributed by atoms with Crippen LogP contribution >= 0.6 is 0 Å². The fourth-order valence-corrected chi connectivity index (χ4v) is 0.996. The molecule has 2 rings (SSSR count). The third-order valence-corrected chi connectivity index (χ3v) is 1.64. The fraction of sp³-hybridized carbons (Fsp3) is 0. The summed E-state index contributed by atoms with van der Waals surface area (Å²) in [5, 5.41) is 6.27. The third kappa shape index (κ3) is 1.45. The van der Waals surface area contributed by atoms with E-state index < -0.39 is 5.91 Å². The van der Waals surface area contributed by atoms with E-state index in [1.54, 1.807) is 24.5 Å². The summed E-state index contributed by atoms with van der Waals surface area (Å²) < 4.78 is 0. The summed E-state index contributed by atoms with van der Waals surface area (Å²) in [6, 6.07) is 3.55. The van der Waals surface area contributed by atoms with Gasteiger partial charge in [-0.15, -0.1) is 0 Å². The molecule has 0 unspecified atom stereocenters. The van der Waals surface area contributed by atoms with Gasteiger partial charge in [0.25, 0.3) is 5.91 Å². The number of nitrogens with two attached hydrogens (primary N) is 1. The Balaban J connectivity index is 2.39. The molecule has 0 spiro atoms. The highest BCUT2D eigenvalue weighted by atomic mass is 16.1. The van der Waals surface area contributed by atoms with E-state index in [0.29, 0.717) is 5.82 Å². The molecule has 0 saturated heterocycles. The average molecular weight is 189 g/mol. The van der Waals surface area contributed by atoms with Gasteiger partial charge in [0.2, 0.25) is 5.82 Å². The molecule has 0 atom stereocenters. The van der Waals surface area contributed by atoms with Crippen LogP contribution < -0.4 is 5.73 Å². The summed E-state index contributed by atoms with van der Waals surface area (Å²) in [6.07, 6.45) is 3.25. The van der Waals surface area contributed by atoms with Crippen LogP contribution in [-0.2, 0) is 0 Å². The van der Waals surface area contributed by atoms with Crippen molar-refractivity contribution in [2.45, 2.75) is 0 Å². The molecule has 70 valence electrons. The minimum atomic E-state index is -0.632. The monoisotopic (exact) mass is 189 g/mol. The number of amides is 1. The first-order chi connectivity index (χ1) is 6.77. The largest absolute Gasteiger partial charge is 0.363 e. The van der Waals surface area contributed by atoms with Gasteiger partial charge in [-0.05, 0) is 12.1 Å². The number of pyridine rings is 1. The maximum atomic E-state index is 10.7. The number of aromatic amines is 1. The van der Waals surface area contributed by atoms with Gasteiger partial charge >= 0.3 is 0 Å². The minimum Gasteiger partial charge on any atom is -0.363 e. The Kier molecular flexibility index (Phi) is 1.94. The Morgan fingerprint density at radius 2 is 2.36 bits per heavy atom. The number of hydrogen-bond donors (Lipinski definition) is 2. The topological polar surface area (TPSA) is 97.6 Å². The third-order valence-electron chi connectivity index (χ3n) is 1.64. The van der Waals surface area contributed by atoms with Crippen LogP contribution in [0.4, 0.5) is 0 Å². The number of nitrogens with zero attached hydrogens (tertiary/aromatic N) is 3. The molecule has 1 amide bonds. The van der Waals surface area contributed by atoms with Crippen molar-refractivity contribution in [2.24, 2.45) is 5.73 Å². The summed E-state index contributed by atoms with van der Waals surface area (Å²) in [7, 11) is 0. The van der Waals surface area contributed by atoms with Crippen LogP contribution in [0.3, 0.4) is 0 Å². The standard InChI is InChI=1S/C8H7N5O/c9-6(14)8-11-7(12-13-8)5-2-1-3-10-4-5/h1-4H,(H2,9,14)(H,11,12,13). The summed E-state index contributed by atoms with van der Waals surface area (Å²) in [5.41, 5.74) is 5.75. The zero-order chi connectivity index (χ0) is 9.97. The molecule has 6 nitrogen and oxygen atoms in total. The van der Waals surface area contributed by atoms with E-state index in [4.69, 9.17) is 5.73 Å². The lowest BCUT2D eigenvalue weighted by Crippen LogP contribution is -2.12. The molecule has 14 heavy (non-hydrogen) atoms. The number of carbonyl (C=O) groups excluding carboxylic acids is 1. The van der Waals surface area contributed by atoms with Crippen LogP contribution in [-0.4, -0.2) is 26.1 Å². The molecule has 3 N–H and O–H groups in total. The molecular weight excluding hydrogens is 182 g/mol. The SMILES string of the molecule is NC(=O)c1nc(-c2cccnc2)n[nH]1. The van der Waals surface area contributed by atoms with Crippen molar-refractivity contribution in [2.75, 3.05) is 0 Å². The van der Waals surface area contributed by atoms with Crippen molar-refractivity contribution in [1.82, 2.24) is 20.2 Å². The lowest BCUT2D eigenvalue weighted by molar-refractivity contribution is 0.0991. The lowest BCUT2D eigenvalue weighted by Gasteiger charge is -1.90. The van der Waals surface area contributed by atoms with E-state index in [1.807, 2.05) is 0 Å². The predicted octanol–water partition coefficient (Wildman–Crippen LogP) is -0.0344. The van der Waals surface area contributed by atoms with E-state index in [1.165, 1.54) is 0 Å². The average Bonchev–Trinajstić information content (AvgIpc) is 2.68. The zero-order valence-electron chi connectivity index (χ0n) is 7.14. The Bertz CT molecular complexity index is 450. The molecule has 0 bridgehead atoms. The molecule has 0 radical (unpaired) electrons. The van der Waals surface area contributed by atoms with Crippen molar-refractivity contribution < 1.29 is 4.79 Å². The molecule has 0 aliphatic carbocycles. The van der Waals surface area contributed by atoms with E-state index in [9.17, 15) is 4.79 Å². The summed E-state index contributed by atoms with van der Waals surface area (Å²) in [4.78, 5) is 18.5. The zero-order valence-corrected chi connectivity index (χ0v) is 7.14. The van der Waals surface area contributed by atoms with Crippen LogP contribution in [0.15, 0.2) is 24.5 Å². The van der Waals surface area contributed by atoms with E-state index in [-0.39, 0.29) is 5.82 Å². The van der Waals surface area contributed by atoms with E-state index in [2.05, 4.69) is 20.2 Å². The van der Waals surface area contributed by atoms with Crippen molar-refractivity contribution >= 4 is 5.91 Å². The first-order valence-corrected chi connectivity index (χ1v) is 3.90. The van der Waals surface area contributed by atoms with Crippen molar-refractivity contribution in [3.05, 3.63) is 30.4 Å². The Morgan fingerprint density at radius 3 is 2.93 bits per heavy atom. The number of hydrogen-bond acceptors (Lipinski definition) is 4. The van der Waals surface area contributed by atoms with Gasteiger partial charge in [-0.3, -0.25) is 14.9 Å². The van der Waals surface area contributed by atoms with Gasteiger partial charge in [0.1, 0.15) is 0 Å². The van der Waals surface area contributed by atoms with Gasteiger partial charge in [0.05, 0.1) is 0 Å². The fourth-order valence-electron chi connectivity index (χ4n) is 0.996. The number of rotatable bonds is 2. The molecule has 0 aliphatic heterocycles. The highest BCUT2D eigenvalue weighted by Crippen LogP contribution is 2.11. The normalized spacial score (nSPS) is 10.0. The number of carbonyl (C=O) groups is 1. The number of H-pyrrole nitrogens is 1. The quantitative estimate of drug-likeness (QED) is 0.692. The summed E-state index contributed by atoms with van der Waals surface area (Å²) in [5.74, 6) is -0.177. The molecule has 0 aromatic carbocycles. The highest BCUT2D eigenvalue weighted by molar-refractivity contribution is 5.89. The maximum absolute atomic E-state index is 10.7. The van der Waals surface area contributed by atoms with Crippen molar-refractivity contribution in [3.8, 4) is 11.4 Å². The molecule has 2 aromatic heterocycles. The number of nitrogens with one attached hydrogen (secondary N) is 1. The first-order valence-electron chi connectivity index (χ1n) is 3.90. The van der Waals surface area contributed by atoms with E-state index in [0.717, 1.165) is 5.56 Å². The lowest BCUT2D eigenvalue weighted by atomic mass is 10.3. The van der Waals surface area contributed by atoms with Crippen LogP contribution in [0.1, 0.15) is 10.6 Å². The van der Waals surface area contributed by atoms with Crippen molar-refractivity contribution in [3.63, 3.8) is 0 Å². The molecule has 2 heterocycles. The first kappa shape index (κ1) is 8.36. The number of primary amides is 1. The second-order valence-corrected chi connectivity index (χ2v) is 2.61. The maximum Gasteiger partial charge on any atom is 0.286 e. The van der Waals surface area contributed by atoms with Gasteiger partial charge in [0.15, 0.2) is 5.82 Å². The van der Waals surface area contributed by atoms with Gasteiger partial charge in [-0.25, -0.2) is 4.98 Å². The molecule has 6 heteroatoms. The molecule has 0 fully saturated rings. The van der Waals surface area contributed by atoms with Crippen LogP contribution in [0, 0.1) is 0 Å². The van der Waals surface area contributed by atoms with Gasteiger partial charge in [0, 0.05) is 18.0 Å². The predicted molar refractivity (Wildman–Crippen MR) is 48.1 cm³/mol. The Morgan fingerprint density at radius 1 is 1.50 bits per heavy atom. The second kappa shape index (κ2) is 3.25. The molecule has 2 aromatic rings. The molecular formula is C8H7N5O. The van der Waals surface area contributed by atoms with E-state index >= 15 is 0 Å². The molecule has 0 aliphatic rings. The highest BCUT2D eigenvalue weighted by Gasteiger charge is 2.08. The van der Waals surface area contributed by atoms with Crippen LogP contribution in [0.2, 0.25) is 0 Å². The smallest absolute Gasteiger partial charge is 0.286 e. The summed E-state index contributed by atoms with van der Waals surface area (Å²) in [6.45, 7) is 0. The summed E-state index contributed by atoms with van der Waals surface area (Å²) >= 11 is 0. The van der Waals surface area contributed by atoms with Gasteiger partial charge in [-0.2, -0.15) is 5.10 Å². The van der Waals surface area contributed by atoms with Crippen molar-refractivity contribution in [1.29, 1.82) is 0 Å². The van der Waals surface area contributed by atoms with Crippen LogP contribution in [0.25, 0.3) is 11.4 Å².